The van der Waals surface area contributed by atoms with Crippen molar-refractivity contribution in [2.75, 3.05) is 6.54 Å². The number of unbranched alkanes of at least 4 members (excludes halogenated alkanes) is 13. The third-order valence-electron chi connectivity index (χ3n) is 6.06. The highest BCUT2D eigenvalue weighted by Crippen LogP contribution is 2.26. The summed E-state index contributed by atoms with van der Waals surface area (Å²) in [7, 11) is 0. The van der Waals surface area contributed by atoms with Crippen molar-refractivity contribution in [2.45, 2.75) is 109 Å². The number of carbonyl (C=O) groups is 1. The zero-order chi connectivity index (χ0) is 24.5. The molecule has 0 heterocycles. The Kier molecular flexibility index (Phi) is 14.7. The van der Waals surface area contributed by atoms with Crippen LogP contribution in [0.4, 0.5) is 0 Å². The Hall–Kier alpha value is -2.51. The van der Waals surface area contributed by atoms with Crippen molar-refractivity contribution >= 4 is 5.97 Å². The minimum absolute atomic E-state index is 0.0616. The highest BCUT2D eigenvalue weighted by molar-refractivity contribution is 5.73. The molecule has 0 radical (unpaired) electrons. The fraction of sp³-hybridized carbons (Fsp3) is 0.720. The van der Waals surface area contributed by atoms with Crippen LogP contribution in [0.25, 0.3) is 0 Å². The smallest absolute Gasteiger partial charge is 0.332 e. The Balaban J connectivity index is 2.26. The number of nitrogens with zero attached hydrogens (tertiary/aromatic N) is 2. The van der Waals surface area contributed by atoms with Crippen molar-refractivity contribution in [1.29, 1.82) is 0 Å². The largest absolute Gasteiger partial charge is 0.504 e. The van der Waals surface area contributed by atoms with Gasteiger partial charge in [-0.05, 0) is 24.1 Å². The molecule has 1 atom stereocenters. The molecule has 0 amide bonds. The van der Waals surface area contributed by atoms with Crippen LogP contribution in [-0.2, 0) is 11.2 Å². The molecule has 1 aromatic rings. The first-order valence-corrected chi connectivity index (χ1v) is 12.5. The maximum absolute atomic E-state index is 11.7. The van der Waals surface area contributed by atoms with Crippen LogP contribution in [0.3, 0.4) is 0 Å². The van der Waals surface area contributed by atoms with Gasteiger partial charge in [-0.3, -0.25) is 0 Å². The van der Waals surface area contributed by atoms with Crippen molar-refractivity contribution < 1.29 is 25.1 Å². The molecule has 0 aliphatic carbocycles. The van der Waals surface area contributed by atoms with Gasteiger partial charge >= 0.3 is 5.97 Å². The number of hydrazine groups is 1. The lowest BCUT2D eigenvalue weighted by Crippen LogP contribution is -2.46. The predicted molar refractivity (Wildman–Crippen MR) is 129 cm³/mol. The molecule has 33 heavy (non-hydrogen) atoms. The lowest BCUT2D eigenvalue weighted by Gasteiger charge is -2.21. The van der Waals surface area contributed by atoms with Crippen LogP contribution in [0.15, 0.2) is 18.2 Å². The number of carboxylic acids is 1. The molecule has 3 N–H and O–H groups in total. The third kappa shape index (κ3) is 12.3. The minimum Gasteiger partial charge on any atom is -0.504 e. The number of hydrogen-bond donors (Lipinski definition) is 3. The van der Waals surface area contributed by atoms with Gasteiger partial charge in [-0.25, -0.2) is 14.9 Å². The Morgan fingerprint density at radius 1 is 0.879 bits per heavy atom. The highest BCUT2D eigenvalue weighted by Gasteiger charge is 2.33. The molecule has 8 heteroatoms. The monoisotopic (exact) mass is 466 g/mol. The van der Waals surface area contributed by atoms with Crippen molar-refractivity contribution in [3.8, 4) is 11.5 Å². The molecule has 0 aromatic heterocycles. The second-order valence-corrected chi connectivity index (χ2v) is 8.88. The number of rotatable bonds is 20. The summed E-state index contributed by atoms with van der Waals surface area (Å²) in [4.78, 5) is 23.2. The Morgan fingerprint density at radius 3 is 1.79 bits per heavy atom. The molecule has 188 valence electrons. The van der Waals surface area contributed by atoms with E-state index in [0.29, 0.717) is 12.0 Å². The minimum atomic E-state index is -1.34. The molecule has 0 bridgehead atoms. The van der Waals surface area contributed by atoms with E-state index in [1.54, 1.807) is 0 Å². The fourth-order valence-electron chi connectivity index (χ4n) is 4.06. The van der Waals surface area contributed by atoms with Gasteiger partial charge in [-0.2, -0.15) is 0 Å². The van der Waals surface area contributed by atoms with Crippen molar-refractivity contribution in [3.05, 3.63) is 33.9 Å². The van der Waals surface area contributed by atoms with Gasteiger partial charge in [0.25, 0.3) is 0 Å². The lowest BCUT2D eigenvalue weighted by atomic mass is 10.0. The number of phenolic OH excluding ortho intramolecular Hbond substituents is 2. The SMILES string of the molecule is CCCCCCCCCCCCCCCCN(C(Cc1ccc(O)c(O)c1)C(=O)O)[N+](=O)[O-]. The molecule has 0 saturated heterocycles. The number of aliphatic carboxylic acids is 1. The van der Waals surface area contributed by atoms with E-state index in [2.05, 4.69) is 6.92 Å². The van der Waals surface area contributed by atoms with Crippen molar-refractivity contribution in [2.24, 2.45) is 0 Å². The van der Waals surface area contributed by atoms with Gasteiger partial charge in [0.1, 0.15) is 0 Å². The van der Waals surface area contributed by atoms with E-state index in [9.17, 15) is 30.2 Å². The van der Waals surface area contributed by atoms with E-state index in [1.165, 1.54) is 82.4 Å². The number of nitro groups is 1. The van der Waals surface area contributed by atoms with E-state index in [0.717, 1.165) is 24.3 Å². The molecule has 1 unspecified atom stereocenters. The van der Waals surface area contributed by atoms with Crippen LogP contribution < -0.4 is 0 Å². The standard InChI is InChI=1S/C25H42N2O6/c1-2-3-4-5-6-7-8-9-10-11-12-13-14-15-18-26(27(32)33)22(25(30)31)19-21-16-17-23(28)24(29)20-21/h16-17,20,22,28-29H,2-15,18-19H2,1H3,(H,30,31). The summed E-state index contributed by atoms with van der Waals surface area (Å²) in [6.07, 6.45) is 16.4. The summed E-state index contributed by atoms with van der Waals surface area (Å²) in [6, 6.07) is 2.59. The maximum atomic E-state index is 11.7. The van der Waals surface area contributed by atoms with Crippen LogP contribution in [-0.4, -0.2) is 43.9 Å². The molecule has 0 saturated carbocycles. The maximum Gasteiger partial charge on any atom is 0.332 e. The fourth-order valence-corrected chi connectivity index (χ4v) is 4.06. The number of hydrogen-bond acceptors (Lipinski definition) is 5. The van der Waals surface area contributed by atoms with E-state index >= 15 is 0 Å². The summed E-state index contributed by atoms with van der Waals surface area (Å²) in [5, 5.41) is 40.1. The third-order valence-corrected chi connectivity index (χ3v) is 6.06. The molecule has 0 aliphatic heterocycles. The van der Waals surface area contributed by atoms with Crippen molar-refractivity contribution in [1.82, 2.24) is 5.01 Å². The van der Waals surface area contributed by atoms with Gasteiger partial charge in [-0.1, -0.05) is 96.5 Å². The van der Waals surface area contributed by atoms with Gasteiger partial charge in [0.05, 0.1) is 6.54 Å². The zero-order valence-corrected chi connectivity index (χ0v) is 20.1. The average molecular weight is 467 g/mol. The first-order chi connectivity index (χ1) is 15.9. The first kappa shape index (κ1) is 28.5. The molecule has 0 aliphatic rings. The number of carboxylic acid groups (broad SMARTS) is 1. The predicted octanol–water partition coefficient (Wildman–Crippen LogP) is 6.07. The lowest BCUT2D eigenvalue weighted by molar-refractivity contribution is -0.661. The topological polar surface area (TPSA) is 124 Å². The summed E-state index contributed by atoms with van der Waals surface area (Å²) in [6.45, 7) is 2.30. The van der Waals surface area contributed by atoms with Gasteiger partial charge in [0.2, 0.25) is 0 Å². The molecule has 0 spiro atoms. The van der Waals surface area contributed by atoms with Crippen LogP contribution in [0.5, 0.6) is 11.5 Å². The number of aromatic hydroxyl groups is 2. The van der Waals surface area contributed by atoms with E-state index in [-0.39, 0.29) is 24.5 Å². The Labute approximate surface area is 197 Å². The summed E-state index contributed by atoms with van der Waals surface area (Å²) >= 11 is 0. The Bertz CT molecular complexity index is 697. The molecular formula is C25H42N2O6. The summed E-state index contributed by atoms with van der Waals surface area (Å²) < 4.78 is 0. The number of phenols is 2. The van der Waals surface area contributed by atoms with Gasteiger partial charge < -0.3 is 15.3 Å². The Morgan fingerprint density at radius 2 is 1.36 bits per heavy atom. The van der Waals surface area contributed by atoms with Gasteiger partial charge in [-0.15, -0.1) is 5.01 Å². The second kappa shape index (κ2) is 17.0. The van der Waals surface area contributed by atoms with Crippen LogP contribution in [0.1, 0.15) is 102 Å². The molecule has 1 aromatic carbocycles. The summed E-state index contributed by atoms with van der Waals surface area (Å²) in [5.41, 5.74) is 0.408. The number of benzene rings is 1. The van der Waals surface area contributed by atoms with E-state index in [4.69, 9.17) is 0 Å². The van der Waals surface area contributed by atoms with Gasteiger partial charge in [0, 0.05) is 6.42 Å². The second-order valence-electron chi connectivity index (χ2n) is 8.88. The van der Waals surface area contributed by atoms with Crippen LogP contribution in [0.2, 0.25) is 0 Å². The molecule has 1 rings (SSSR count). The van der Waals surface area contributed by atoms with Crippen molar-refractivity contribution in [3.63, 3.8) is 0 Å². The van der Waals surface area contributed by atoms with Crippen LogP contribution >= 0.6 is 0 Å². The molecular weight excluding hydrogens is 424 g/mol. The summed E-state index contributed by atoms with van der Waals surface area (Å²) in [5.74, 6) is -1.99. The quantitative estimate of drug-likeness (QED) is 0.0922. The molecule has 0 fully saturated rings. The average Bonchev–Trinajstić information content (AvgIpc) is 2.77. The van der Waals surface area contributed by atoms with E-state index in [1.807, 2.05) is 0 Å². The van der Waals surface area contributed by atoms with E-state index < -0.39 is 17.0 Å². The first-order valence-electron chi connectivity index (χ1n) is 12.5. The normalized spacial score (nSPS) is 11.9. The van der Waals surface area contributed by atoms with Gasteiger partial charge in [0.15, 0.2) is 22.6 Å². The zero-order valence-electron chi connectivity index (χ0n) is 20.1. The molecule has 8 nitrogen and oxygen atoms in total. The van der Waals surface area contributed by atoms with Crippen LogP contribution in [0, 0.1) is 10.1 Å². The highest BCUT2D eigenvalue weighted by atomic mass is 16.7.